The minimum absolute atomic E-state index is 0.317. The summed E-state index contributed by atoms with van der Waals surface area (Å²) in [5.41, 5.74) is 6.86. The Morgan fingerprint density at radius 3 is 2.69 bits per heavy atom. The number of nitrogens with zero attached hydrogens (tertiary/aromatic N) is 3. The number of carbonyl (C=O) groups is 1. The first-order valence-corrected chi connectivity index (χ1v) is 3.66. The molecule has 64 valence electrons. The minimum atomic E-state index is -0.572. The molecule has 0 spiro atoms. The highest BCUT2D eigenvalue weighted by atomic mass is 16.2. The fraction of sp³-hybridized carbons (Fsp3) is 0. The molecule has 0 radical (unpaired) electrons. The lowest BCUT2D eigenvalue weighted by Gasteiger charge is -1.96. The molecule has 1 heterocycles. The number of anilines is 1. The van der Waals surface area contributed by atoms with E-state index in [4.69, 9.17) is 5.73 Å². The number of urea groups is 1. The zero-order chi connectivity index (χ0) is 9.26. The lowest BCUT2D eigenvalue weighted by molar-refractivity contribution is 0.257. The van der Waals surface area contributed by atoms with Gasteiger partial charge in [-0.05, 0) is 12.1 Å². The van der Waals surface area contributed by atoms with Gasteiger partial charge in [0.25, 0.3) is 0 Å². The van der Waals surface area contributed by atoms with Gasteiger partial charge in [0.15, 0.2) is 5.84 Å². The molecule has 1 aliphatic heterocycles. The number of hydrogen-bond donors (Lipinski definition) is 1. The minimum Gasteiger partial charge on any atom is -0.399 e. The molecule has 0 atom stereocenters. The monoisotopic (exact) mass is 174 g/mol. The quantitative estimate of drug-likeness (QED) is 0.656. The third kappa shape index (κ3) is 1.44. The number of amidine groups is 1. The average molecular weight is 174 g/mol. The first-order chi connectivity index (χ1) is 6.25. The van der Waals surface area contributed by atoms with E-state index >= 15 is 0 Å². The zero-order valence-corrected chi connectivity index (χ0v) is 6.64. The molecule has 5 heteroatoms. The number of benzene rings is 1. The number of hydrogen-bond acceptors (Lipinski definition) is 3. The third-order valence-electron chi connectivity index (χ3n) is 1.58. The first kappa shape index (κ1) is 7.60. The van der Waals surface area contributed by atoms with Crippen LogP contribution >= 0.6 is 0 Å². The van der Waals surface area contributed by atoms with Gasteiger partial charge in [-0.1, -0.05) is 17.2 Å². The highest BCUT2D eigenvalue weighted by Gasteiger charge is 2.11. The molecular formula is C8H6N4O. The predicted octanol–water partition coefficient (Wildman–Crippen LogP) is 1.60. The Hall–Kier alpha value is -2.04. The van der Waals surface area contributed by atoms with Gasteiger partial charge in [-0.25, -0.2) is 4.79 Å². The molecule has 2 rings (SSSR count). The normalized spacial score (nSPS) is 14.8. The van der Waals surface area contributed by atoms with Crippen molar-refractivity contribution in [2.24, 2.45) is 15.2 Å². The lowest BCUT2D eigenvalue weighted by atomic mass is 10.2. The van der Waals surface area contributed by atoms with E-state index in [1.54, 1.807) is 24.3 Å². The first-order valence-electron chi connectivity index (χ1n) is 3.66. The van der Waals surface area contributed by atoms with E-state index in [9.17, 15) is 4.79 Å². The zero-order valence-electron chi connectivity index (χ0n) is 6.64. The highest BCUT2D eigenvalue weighted by Crippen LogP contribution is 2.12. The van der Waals surface area contributed by atoms with E-state index < -0.39 is 6.03 Å². The van der Waals surface area contributed by atoms with Crippen LogP contribution in [0.4, 0.5) is 10.5 Å². The number of amides is 2. The number of carbonyl (C=O) groups excluding carboxylic acids is 1. The van der Waals surface area contributed by atoms with Crippen LogP contribution in [0.15, 0.2) is 39.5 Å². The van der Waals surface area contributed by atoms with Gasteiger partial charge in [0.1, 0.15) is 0 Å². The van der Waals surface area contributed by atoms with Crippen molar-refractivity contribution in [3.05, 3.63) is 29.8 Å². The van der Waals surface area contributed by atoms with Crippen LogP contribution in [-0.4, -0.2) is 11.9 Å². The van der Waals surface area contributed by atoms with Crippen molar-refractivity contribution in [2.75, 3.05) is 5.73 Å². The second-order valence-electron chi connectivity index (χ2n) is 2.54. The van der Waals surface area contributed by atoms with Crippen molar-refractivity contribution in [3.63, 3.8) is 0 Å². The van der Waals surface area contributed by atoms with Crippen molar-refractivity contribution in [1.82, 2.24) is 0 Å². The summed E-state index contributed by atoms with van der Waals surface area (Å²) in [5, 5.41) is 6.86. The van der Waals surface area contributed by atoms with Crippen molar-refractivity contribution < 1.29 is 4.79 Å². The summed E-state index contributed by atoms with van der Waals surface area (Å²) in [5.74, 6) is 0.317. The molecule has 0 aliphatic carbocycles. The van der Waals surface area contributed by atoms with Crippen LogP contribution in [0.25, 0.3) is 0 Å². The Morgan fingerprint density at radius 2 is 2.08 bits per heavy atom. The number of rotatable bonds is 1. The van der Waals surface area contributed by atoms with E-state index in [0.717, 1.165) is 0 Å². The van der Waals surface area contributed by atoms with Gasteiger partial charge >= 0.3 is 6.03 Å². The maximum Gasteiger partial charge on any atom is 0.387 e. The van der Waals surface area contributed by atoms with Gasteiger partial charge in [-0.15, -0.1) is 5.11 Å². The summed E-state index contributed by atoms with van der Waals surface area (Å²) in [6, 6.07) is 6.41. The Morgan fingerprint density at radius 1 is 1.23 bits per heavy atom. The summed E-state index contributed by atoms with van der Waals surface area (Å²) in [6.07, 6.45) is 0. The molecule has 5 nitrogen and oxygen atoms in total. The Balaban J connectivity index is 2.42. The Bertz CT molecular complexity index is 422. The second kappa shape index (κ2) is 2.78. The smallest absolute Gasteiger partial charge is 0.387 e. The predicted molar refractivity (Wildman–Crippen MR) is 47.6 cm³/mol. The van der Waals surface area contributed by atoms with Gasteiger partial charge in [-0.2, -0.15) is 4.99 Å². The second-order valence-corrected chi connectivity index (χ2v) is 2.54. The van der Waals surface area contributed by atoms with Crippen LogP contribution in [0.2, 0.25) is 0 Å². The Kier molecular flexibility index (Phi) is 1.63. The maximum atomic E-state index is 10.6. The molecule has 2 N–H and O–H groups in total. The van der Waals surface area contributed by atoms with Crippen molar-refractivity contribution in [2.45, 2.75) is 0 Å². The van der Waals surface area contributed by atoms with E-state index in [2.05, 4.69) is 15.2 Å². The van der Waals surface area contributed by atoms with E-state index in [0.29, 0.717) is 17.1 Å². The number of aliphatic imine (C=N–C) groups is 1. The largest absolute Gasteiger partial charge is 0.399 e. The van der Waals surface area contributed by atoms with E-state index in [-0.39, 0.29) is 0 Å². The summed E-state index contributed by atoms with van der Waals surface area (Å²) in [7, 11) is 0. The number of nitrogen functional groups attached to an aromatic ring is 1. The fourth-order valence-electron chi connectivity index (χ4n) is 1.03. The van der Waals surface area contributed by atoms with Crippen LogP contribution < -0.4 is 5.73 Å². The average Bonchev–Trinajstić information content (AvgIpc) is 2.52. The molecule has 0 unspecified atom stereocenters. The molecule has 2 amide bonds. The number of nitrogens with two attached hydrogens (primary N) is 1. The summed E-state index contributed by atoms with van der Waals surface area (Å²) >= 11 is 0. The van der Waals surface area contributed by atoms with Gasteiger partial charge in [-0.3, -0.25) is 0 Å². The topological polar surface area (TPSA) is 80.2 Å². The van der Waals surface area contributed by atoms with Gasteiger partial charge < -0.3 is 5.73 Å². The molecule has 1 aromatic carbocycles. The maximum absolute atomic E-state index is 10.6. The molecule has 0 bridgehead atoms. The van der Waals surface area contributed by atoms with Crippen LogP contribution in [0.3, 0.4) is 0 Å². The molecule has 0 fully saturated rings. The van der Waals surface area contributed by atoms with Gasteiger partial charge in [0.05, 0.1) is 0 Å². The third-order valence-corrected chi connectivity index (χ3v) is 1.58. The van der Waals surface area contributed by atoms with Crippen LogP contribution in [0.5, 0.6) is 0 Å². The molecular weight excluding hydrogens is 168 g/mol. The molecule has 0 saturated carbocycles. The van der Waals surface area contributed by atoms with Crippen molar-refractivity contribution in [3.8, 4) is 0 Å². The van der Waals surface area contributed by atoms with Crippen molar-refractivity contribution in [1.29, 1.82) is 0 Å². The molecule has 0 aromatic heterocycles. The summed E-state index contributed by atoms with van der Waals surface area (Å²) < 4.78 is 0. The van der Waals surface area contributed by atoms with Crippen molar-refractivity contribution >= 4 is 17.6 Å². The Labute approximate surface area is 74.0 Å². The van der Waals surface area contributed by atoms with Crippen LogP contribution in [0, 0.1) is 0 Å². The molecule has 13 heavy (non-hydrogen) atoms. The summed E-state index contributed by atoms with van der Waals surface area (Å²) in [4.78, 5) is 14.2. The highest BCUT2D eigenvalue weighted by molar-refractivity contribution is 6.08. The molecule has 0 saturated heterocycles. The fourth-order valence-corrected chi connectivity index (χ4v) is 1.03. The van der Waals surface area contributed by atoms with Gasteiger partial charge in [0, 0.05) is 11.3 Å². The van der Waals surface area contributed by atoms with Crippen LogP contribution in [0.1, 0.15) is 5.56 Å². The standard InChI is InChI=1S/C8H6N4O/c9-6-3-1-2-5(4-6)7-10-8(13)12-11-7/h1-4H,9H2. The lowest BCUT2D eigenvalue weighted by Crippen LogP contribution is -1.95. The van der Waals surface area contributed by atoms with Gasteiger partial charge in [0.2, 0.25) is 0 Å². The number of azo groups is 1. The van der Waals surface area contributed by atoms with E-state index in [1.165, 1.54) is 0 Å². The van der Waals surface area contributed by atoms with Crippen LogP contribution in [-0.2, 0) is 0 Å². The molecule has 1 aromatic rings. The van der Waals surface area contributed by atoms with E-state index in [1.807, 2.05) is 0 Å². The molecule has 1 aliphatic rings. The SMILES string of the molecule is Nc1cccc(C2=NC(=O)N=N2)c1. The summed E-state index contributed by atoms with van der Waals surface area (Å²) in [6.45, 7) is 0.